The lowest BCUT2D eigenvalue weighted by Gasteiger charge is -2.13. The Morgan fingerprint density at radius 1 is 1.16 bits per heavy atom. The number of amides is 2. The number of anilines is 1. The summed E-state index contributed by atoms with van der Waals surface area (Å²) in [4.78, 5) is 23.2. The molecule has 0 saturated heterocycles. The van der Waals surface area contributed by atoms with Gasteiger partial charge in [-0.1, -0.05) is 12.1 Å². The summed E-state index contributed by atoms with van der Waals surface area (Å²) in [6, 6.07) is 6.30. The number of nitrogens with two attached hydrogens (primary N) is 2. The molecule has 2 aromatic carbocycles. The lowest BCUT2D eigenvalue weighted by atomic mass is 9.98. The summed E-state index contributed by atoms with van der Waals surface area (Å²) in [5.41, 5.74) is 10.1. The Morgan fingerprint density at radius 3 is 2.44 bits per heavy atom. The third-order valence-corrected chi connectivity index (χ3v) is 3.55. The molecule has 6 nitrogen and oxygen atoms in total. The largest absolute Gasteiger partial charge is 0.396 e. The summed E-state index contributed by atoms with van der Waals surface area (Å²) in [5.74, 6) is -2.98. The number of halogens is 2. The van der Waals surface area contributed by atoms with E-state index in [9.17, 15) is 18.4 Å². The summed E-state index contributed by atoms with van der Waals surface area (Å²) in [6.45, 7) is 1.38. The maximum Gasteiger partial charge on any atom is 0.252 e. The monoisotopic (exact) mass is 346 g/mol. The van der Waals surface area contributed by atoms with Crippen LogP contribution in [-0.4, -0.2) is 23.6 Å². The second-order valence-corrected chi connectivity index (χ2v) is 5.40. The highest BCUT2D eigenvalue weighted by molar-refractivity contribution is 6.15. The molecule has 1 atom stereocenters. The highest BCUT2D eigenvalue weighted by Crippen LogP contribution is 2.22. The van der Waals surface area contributed by atoms with E-state index in [1.54, 1.807) is 0 Å². The minimum atomic E-state index is -0.959. The fourth-order valence-electron chi connectivity index (χ4n) is 2.11. The Labute approximate surface area is 142 Å². The van der Waals surface area contributed by atoms with Crippen LogP contribution >= 0.6 is 0 Å². The van der Waals surface area contributed by atoms with Crippen molar-refractivity contribution in [2.75, 3.05) is 5.73 Å². The molecule has 0 fully saturated rings. The van der Waals surface area contributed by atoms with Crippen molar-refractivity contribution in [1.29, 1.82) is 5.41 Å². The fraction of sp³-hybridized carbons (Fsp3) is 0.118. The summed E-state index contributed by atoms with van der Waals surface area (Å²) in [7, 11) is 0. The number of rotatable bonds is 5. The van der Waals surface area contributed by atoms with Crippen molar-refractivity contribution in [1.82, 2.24) is 5.32 Å². The Bertz CT molecular complexity index is 868. The lowest BCUT2D eigenvalue weighted by Crippen LogP contribution is -2.42. The first-order valence-corrected chi connectivity index (χ1v) is 7.24. The first-order chi connectivity index (χ1) is 11.7. The van der Waals surface area contributed by atoms with E-state index in [-0.39, 0.29) is 28.1 Å². The topological polar surface area (TPSA) is 122 Å². The van der Waals surface area contributed by atoms with Crippen LogP contribution in [0, 0.1) is 17.0 Å². The van der Waals surface area contributed by atoms with Crippen molar-refractivity contribution in [2.24, 2.45) is 5.73 Å². The Morgan fingerprint density at radius 2 is 1.84 bits per heavy atom. The SMILES string of the molecule is C[C@H](NC(=O)c1cc(F)c(N)c(C(=N)c2cccc(F)c2)c1)C(N)=O. The number of benzene rings is 2. The van der Waals surface area contributed by atoms with Gasteiger partial charge in [0.1, 0.15) is 17.7 Å². The van der Waals surface area contributed by atoms with Crippen molar-refractivity contribution < 1.29 is 18.4 Å². The molecule has 0 heterocycles. The van der Waals surface area contributed by atoms with E-state index in [2.05, 4.69) is 5.32 Å². The molecule has 0 radical (unpaired) electrons. The second kappa shape index (κ2) is 7.08. The highest BCUT2D eigenvalue weighted by Gasteiger charge is 2.19. The van der Waals surface area contributed by atoms with E-state index in [1.165, 1.54) is 31.2 Å². The van der Waals surface area contributed by atoms with Gasteiger partial charge in [-0.25, -0.2) is 8.78 Å². The molecule has 2 amide bonds. The number of nitrogen functional groups attached to an aromatic ring is 1. The maximum atomic E-state index is 14.1. The minimum Gasteiger partial charge on any atom is -0.396 e. The molecule has 0 bridgehead atoms. The molecule has 0 aliphatic heterocycles. The number of nitrogens with one attached hydrogen (secondary N) is 2. The van der Waals surface area contributed by atoms with Crippen LogP contribution in [0.1, 0.15) is 28.4 Å². The van der Waals surface area contributed by atoms with Gasteiger partial charge in [-0.15, -0.1) is 0 Å². The molecule has 2 rings (SSSR count). The van der Waals surface area contributed by atoms with Gasteiger partial charge in [-0.05, 0) is 31.2 Å². The van der Waals surface area contributed by atoms with E-state index in [4.69, 9.17) is 16.9 Å². The third-order valence-electron chi connectivity index (χ3n) is 3.55. The molecular weight excluding hydrogens is 330 g/mol. The summed E-state index contributed by atoms with van der Waals surface area (Å²) in [5, 5.41) is 10.4. The van der Waals surface area contributed by atoms with Crippen molar-refractivity contribution in [3.63, 3.8) is 0 Å². The molecule has 25 heavy (non-hydrogen) atoms. The van der Waals surface area contributed by atoms with Crippen LogP contribution in [0.4, 0.5) is 14.5 Å². The molecule has 0 aromatic heterocycles. The average Bonchev–Trinajstić information content (AvgIpc) is 2.56. The summed E-state index contributed by atoms with van der Waals surface area (Å²) in [6.07, 6.45) is 0. The van der Waals surface area contributed by atoms with Gasteiger partial charge in [0.05, 0.1) is 11.4 Å². The number of primary amides is 1. The molecule has 0 unspecified atom stereocenters. The van der Waals surface area contributed by atoms with Crippen LogP contribution < -0.4 is 16.8 Å². The Kier molecular flexibility index (Phi) is 5.11. The van der Waals surface area contributed by atoms with E-state index in [0.29, 0.717) is 0 Å². The number of carbonyl (C=O) groups excluding carboxylic acids is 2. The standard InChI is InChI=1S/C17H16F2N4O2/c1-8(16(22)24)23-17(25)10-6-12(15(21)13(19)7-10)14(20)9-3-2-4-11(18)5-9/h2-8,20H,21H2,1H3,(H2,22,24)(H,23,25)/t8-/m0/s1. The third kappa shape index (κ3) is 3.97. The van der Waals surface area contributed by atoms with E-state index in [1.807, 2.05) is 0 Å². The van der Waals surface area contributed by atoms with Gasteiger partial charge in [0, 0.05) is 16.7 Å². The maximum absolute atomic E-state index is 14.1. The molecule has 8 heteroatoms. The summed E-state index contributed by atoms with van der Waals surface area (Å²) >= 11 is 0. The second-order valence-electron chi connectivity index (χ2n) is 5.40. The minimum absolute atomic E-state index is 0.0671. The van der Waals surface area contributed by atoms with Gasteiger partial charge in [0.2, 0.25) is 5.91 Å². The normalized spacial score (nSPS) is 11.6. The predicted molar refractivity (Wildman–Crippen MR) is 89.3 cm³/mol. The molecular formula is C17H16F2N4O2. The molecule has 0 aliphatic carbocycles. The van der Waals surface area contributed by atoms with Gasteiger partial charge >= 0.3 is 0 Å². The fourth-order valence-corrected chi connectivity index (χ4v) is 2.11. The van der Waals surface area contributed by atoms with Gasteiger partial charge < -0.3 is 16.8 Å². The molecule has 130 valence electrons. The highest BCUT2D eigenvalue weighted by atomic mass is 19.1. The van der Waals surface area contributed by atoms with Gasteiger partial charge in [-0.2, -0.15) is 0 Å². The average molecular weight is 346 g/mol. The van der Waals surface area contributed by atoms with Crippen molar-refractivity contribution in [3.8, 4) is 0 Å². The van der Waals surface area contributed by atoms with E-state index in [0.717, 1.165) is 12.1 Å². The molecule has 0 spiro atoms. The van der Waals surface area contributed by atoms with Crippen molar-refractivity contribution in [3.05, 3.63) is 64.7 Å². The van der Waals surface area contributed by atoms with Crippen molar-refractivity contribution >= 4 is 23.2 Å². The lowest BCUT2D eigenvalue weighted by molar-refractivity contribution is -0.119. The Hall–Kier alpha value is -3.29. The van der Waals surface area contributed by atoms with E-state index < -0.39 is 29.5 Å². The van der Waals surface area contributed by atoms with Gasteiger partial charge in [0.25, 0.3) is 5.91 Å². The van der Waals surface area contributed by atoms with E-state index >= 15 is 0 Å². The zero-order valence-electron chi connectivity index (χ0n) is 13.3. The number of hydrogen-bond donors (Lipinski definition) is 4. The van der Waals surface area contributed by atoms with Crippen LogP contribution in [0.25, 0.3) is 0 Å². The van der Waals surface area contributed by atoms with Crippen molar-refractivity contribution in [2.45, 2.75) is 13.0 Å². The molecule has 2 aromatic rings. The Balaban J connectivity index is 2.42. The van der Waals surface area contributed by atoms with Gasteiger partial charge in [0.15, 0.2) is 0 Å². The molecule has 0 aliphatic rings. The smallest absolute Gasteiger partial charge is 0.252 e. The molecule has 6 N–H and O–H groups in total. The predicted octanol–water partition coefficient (Wildman–Crippen LogP) is 1.57. The van der Waals surface area contributed by atoms with Gasteiger partial charge in [-0.3, -0.25) is 15.0 Å². The van der Waals surface area contributed by atoms with Crippen LogP contribution in [0.3, 0.4) is 0 Å². The van der Waals surface area contributed by atoms with Crippen LogP contribution in [0.2, 0.25) is 0 Å². The summed E-state index contributed by atoms with van der Waals surface area (Å²) < 4.78 is 27.4. The molecule has 0 saturated carbocycles. The zero-order valence-corrected chi connectivity index (χ0v) is 13.3. The van der Waals surface area contributed by atoms with Crippen LogP contribution in [0.5, 0.6) is 0 Å². The first-order valence-electron chi connectivity index (χ1n) is 7.24. The van der Waals surface area contributed by atoms with Crippen LogP contribution in [0.15, 0.2) is 36.4 Å². The van der Waals surface area contributed by atoms with Crippen LogP contribution in [-0.2, 0) is 4.79 Å². The zero-order chi connectivity index (χ0) is 18.7. The first kappa shape index (κ1) is 18.1. The quantitative estimate of drug-likeness (QED) is 0.485. The number of hydrogen-bond acceptors (Lipinski definition) is 4. The number of carbonyl (C=O) groups is 2.